The van der Waals surface area contributed by atoms with Gasteiger partial charge in [-0.05, 0) is 53.1 Å². The molecule has 0 atom stereocenters. The number of methoxy groups -OCH3 is 3. The van der Waals surface area contributed by atoms with E-state index in [1.807, 2.05) is 30.3 Å². The summed E-state index contributed by atoms with van der Waals surface area (Å²) in [5.41, 5.74) is 2.06. The summed E-state index contributed by atoms with van der Waals surface area (Å²) < 4.78 is 26.5. The van der Waals surface area contributed by atoms with Gasteiger partial charge in [-0.25, -0.2) is 9.59 Å². The fourth-order valence-electron chi connectivity index (χ4n) is 3.22. The first-order valence-corrected chi connectivity index (χ1v) is 11.1. The smallest absolute Gasteiger partial charge is 0.348 e. The molecule has 8 nitrogen and oxygen atoms in total. The molecule has 0 saturated carbocycles. The van der Waals surface area contributed by atoms with Gasteiger partial charge in [0.25, 0.3) is 0 Å². The zero-order chi connectivity index (χ0) is 26.6. The molecule has 0 aliphatic heterocycles. The number of esters is 2. The quantitative estimate of drug-likeness (QED) is 0.166. The second-order valence-corrected chi connectivity index (χ2v) is 7.51. The Bertz CT molecular complexity index is 1350. The molecule has 0 amide bonds. The number of hydrogen-bond donors (Lipinski definition) is 0. The topological polar surface area (TPSA) is 104 Å². The third kappa shape index (κ3) is 7.47. The minimum Gasteiger partial charge on any atom is -0.493 e. The summed E-state index contributed by atoms with van der Waals surface area (Å²) in [6.07, 6.45) is 4.21. The molecule has 0 radical (unpaired) electrons. The van der Waals surface area contributed by atoms with Crippen LogP contribution in [0.1, 0.15) is 16.7 Å². The average Bonchev–Trinajstić information content (AvgIpc) is 2.94. The Morgan fingerprint density at radius 1 is 0.838 bits per heavy atom. The second kappa shape index (κ2) is 13.2. The van der Waals surface area contributed by atoms with Crippen molar-refractivity contribution in [1.29, 1.82) is 5.26 Å². The highest BCUT2D eigenvalue weighted by molar-refractivity contribution is 5.98. The zero-order valence-electron chi connectivity index (χ0n) is 20.6. The SMILES string of the molecule is COC(=O)/C(C#N)=C/c1ccc(OC(=O)/C=C/c2ccc(OCc3ccccc3)c(OC)c2)c(OC)c1. The van der Waals surface area contributed by atoms with Crippen molar-refractivity contribution >= 4 is 24.1 Å². The lowest BCUT2D eigenvalue weighted by atomic mass is 10.1. The van der Waals surface area contributed by atoms with Crippen molar-refractivity contribution in [2.45, 2.75) is 6.61 Å². The van der Waals surface area contributed by atoms with Crippen LogP contribution in [-0.2, 0) is 20.9 Å². The van der Waals surface area contributed by atoms with E-state index < -0.39 is 11.9 Å². The Morgan fingerprint density at radius 3 is 2.16 bits per heavy atom. The molecule has 0 heterocycles. The van der Waals surface area contributed by atoms with Crippen molar-refractivity contribution in [3.8, 4) is 29.1 Å². The number of nitriles is 1. The van der Waals surface area contributed by atoms with Crippen molar-refractivity contribution in [3.63, 3.8) is 0 Å². The van der Waals surface area contributed by atoms with Crippen LogP contribution in [0.25, 0.3) is 12.2 Å². The number of rotatable bonds is 10. The molecular formula is C29H25NO7. The number of nitrogens with zero attached hydrogens (tertiary/aromatic N) is 1. The summed E-state index contributed by atoms with van der Waals surface area (Å²) in [5, 5.41) is 9.12. The van der Waals surface area contributed by atoms with Gasteiger partial charge in [0.15, 0.2) is 23.0 Å². The van der Waals surface area contributed by atoms with Gasteiger partial charge in [0.05, 0.1) is 21.3 Å². The van der Waals surface area contributed by atoms with E-state index in [2.05, 4.69) is 4.74 Å². The van der Waals surface area contributed by atoms with Gasteiger partial charge in [-0.3, -0.25) is 0 Å². The summed E-state index contributed by atoms with van der Waals surface area (Å²) in [6.45, 7) is 0.398. The molecule has 3 rings (SSSR count). The summed E-state index contributed by atoms with van der Waals surface area (Å²) in [4.78, 5) is 24.1. The standard InChI is InChI=1S/C29H25NO7/c1-33-26-16-20(9-12-24(26)36-19-21-7-5-4-6-8-21)11-14-28(31)37-25-13-10-22(17-27(25)34-2)15-23(18-30)29(32)35-3/h4-17H,19H2,1-3H3/b14-11+,23-15+. The molecule has 0 bridgehead atoms. The molecule has 0 spiro atoms. The molecular weight excluding hydrogens is 474 g/mol. The molecule has 0 fully saturated rings. The number of benzene rings is 3. The molecule has 0 aliphatic rings. The van der Waals surface area contributed by atoms with Crippen molar-refractivity contribution in [1.82, 2.24) is 0 Å². The van der Waals surface area contributed by atoms with Gasteiger partial charge < -0.3 is 23.7 Å². The summed E-state index contributed by atoms with van der Waals surface area (Å²) in [5.74, 6) is 0.149. The minimum absolute atomic E-state index is 0.174. The maximum absolute atomic E-state index is 12.4. The van der Waals surface area contributed by atoms with Crippen LogP contribution >= 0.6 is 0 Å². The Labute approximate surface area is 214 Å². The predicted octanol–water partition coefficient (Wildman–Crippen LogP) is 4.98. The molecule has 0 saturated heterocycles. The van der Waals surface area contributed by atoms with E-state index in [-0.39, 0.29) is 17.1 Å². The normalized spacial score (nSPS) is 10.9. The minimum atomic E-state index is -0.755. The first kappa shape index (κ1) is 26.6. The van der Waals surface area contributed by atoms with E-state index in [4.69, 9.17) is 24.2 Å². The van der Waals surface area contributed by atoms with Crippen molar-refractivity contribution < 1.29 is 33.3 Å². The Balaban J connectivity index is 1.68. The summed E-state index contributed by atoms with van der Waals surface area (Å²) >= 11 is 0. The molecule has 0 N–H and O–H groups in total. The third-order valence-electron chi connectivity index (χ3n) is 5.07. The van der Waals surface area contributed by atoms with E-state index in [0.29, 0.717) is 29.2 Å². The van der Waals surface area contributed by atoms with Crippen LogP contribution < -0.4 is 18.9 Å². The van der Waals surface area contributed by atoms with Crippen LogP contribution in [0, 0.1) is 11.3 Å². The number of carbonyl (C=O) groups excluding carboxylic acids is 2. The highest BCUT2D eigenvalue weighted by Gasteiger charge is 2.12. The first-order valence-electron chi connectivity index (χ1n) is 11.1. The van der Waals surface area contributed by atoms with Crippen LogP contribution in [0.15, 0.2) is 78.4 Å². The van der Waals surface area contributed by atoms with Gasteiger partial charge in [-0.2, -0.15) is 5.26 Å². The van der Waals surface area contributed by atoms with E-state index in [9.17, 15) is 9.59 Å². The lowest BCUT2D eigenvalue weighted by molar-refractivity contribution is -0.135. The van der Waals surface area contributed by atoms with Crippen LogP contribution in [-0.4, -0.2) is 33.3 Å². The third-order valence-corrected chi connectivity index (χ3v) is 5.07. The lowest BCUT2D eigenvalue weighted by Crippen LogP contribution is -2.05. The molecule has 0 unspecified atom stereocenters. The van der Waals surface area contributed by atoms with Crippen LogP contribution in [0.3, 0.4) is 0 Å². The Morgan fingerprint density at radius 2 is 1.49 bits per heavy atom. The maximum Gasteiger partial charge on any atom is 0.348 e. The fourth-order valence-corrected chi connectivity index (χ4v) is 3.22. The summed E-state index contributed by atoms with van der Waals surface area (Å²) in [7, 11) is 4.14. The van der Waals surface area contributed by atoms with Gasteiger partial charge in [-0.1, -0.05) is 42.5 Å². The van der Waals surface area contributed by atoms with Gasteiger partial charge in [0.2, 0.25) is 0 Å². The predicted molar refractivity (Wildman–Crippen MR) is 137 cm³/mol. The van der Waals surface area contributed by atoms with Gasteiger partial charge in [-0.15, -0.1) is 0 Å². The van der Waals surface area contributed by atoms with Gasteiger partial charge in [0.1, 0.15) is 18.2 Å². The van der Waals surface area contributed by atoms with Crippen LogP contribution in [0.4, 0.5) is 0 Å². The van der Waals surface area contributed by atoms with Crippen molar-refractivity contribution in [2.24, 2.45) is 0 Å². The number of carbonyl (C=O) groups is 2. The number of ether oxygens (including phenoxy) is 5. The van der Waals surface area contributed by atoms with E-state index in [1.165, 1.54) is 38.5 Å². The van der Waals surface area contributed by atoms with Crippen molar-refractivity contribution in [3.05, 3.63) is 95.1 Å². The van der Waals surface area contributed by atoms with Crippen molar-refractivity contribution in [2.75, 3.05) is 21.3 Å². The van der Waals surface area contributed by atoms with E-state index >= 15 is 0 Å². The zero-order valence-corrected chi connectivity index (χ0v) is 20.6. The van der Waals surface area contributed by atoms with E-state index in [0.717, 1.165) is 5.56 Å². The summed E-state index contributed by atoms with van der Waals surface area (Å²) in [6, 6.07) is 21.5. The maximum atomic E-state index is 12.4. The van der Waals surface area contributed by atoms with Crippen LogP contribution in [0.2, 0.25) is 0 Å². The molecule has 3 aromatic rings. The molecule has 8 heteroatoms. The van der Waals surface area contributed by atoms with Gasteiger partial charge in [0, 0.05) is 6.08 Å². The second-order valence-electron chi connectivity index (χ2n) is 7.51. The number of hydrogen-bond acceptors (Lipinski definition) is 8. The fraction of sp³-hybridized carbons (Fsp3) is 0.138. The average molecular weight is 500 g/mol. The highest BCUT2D eigenvalue weighted by Crippen LogP contribution is 2.31. The monoisotopic (exact) mass is 499 g/mol. The Hall–Kier alpha value is -5.03. The largest absolute Gasteiger partial charge is 0.493 e. The Kier molecular flexibility index (Phi) is 9.45. The molecule has 3 aromatic carbocycles. The molecule has 0 aliphatic carbocycles. The van der Waals surface area contributed by atoms with Crippen LogP contribution in [0.5, 0.6) is 23.0 Å². The molecule has 188 valence electrons. The van der Waals surface area contributed by atoms with Gasteiger partial charge >= 0.3 is 11.9 Å². The highest BCUT2D eigenvalue weighted by atomic mass is 16.6. The van der Waals surface area contributed by atoms with E-state index in [1.54, 1.807) is 43.5 Å². The molecule has 37 heavy (non-hydrogen) atoms. The lowest BCUT2D eigenvalue weighted by Gasteiger charge is -2.11. The first-order chi connectivity index (χ1) is 18.0. The molecule has 0 aromatic heterocycles.